The fourth-order valence-corrected chi connectivity index (χ4v) is 1.83. The summed E-state index contributed by atoms with van der Waals surface area (Å²) in [6, 6.07) is 9.35. The van der Waals surface area contributed by atoms with Crippen LogP contribution in [0.25, 0.3) is 0 Å². The van der Waals surface area contributed by atoms with Crippen molar-refractivity contribution in [2.75, 3.05) is 6.61 Å². The van der Waals surface area contributed by atoms with Crippen molar-refractivity contribution in [1.29, 1.82) is 0 Å². The SMILES string of the molecule is O=C(NC(Cl)c1ccccc1)C1(CO)CC1. The van der Waals surface area contributed by atoms with Crippen LogP contribution in [0.1, 0.15) is 23.9 Å². The standard InChI is InChI=1S/C12H14ClNO2/c13-10(9-4-2-1-3-5-9)14-11(16)12(8-15)6-7-12/h1-5,10,15H,6-8H2,(H,14,16). The molecular formula is C12H14ClNO2. The Bertz CT molecular complexity index is 376. The van der Waals surface area contributed by atoms with E-state index >= 15 is 0 Å². The maximum absolute atomic E-state index is 11.8. The fraction of sp³-hybridized carbons (Fsp3) is 0.417. The van der Waals surface area contributed by atoms with Crippen LogP contribution in [0.2, 0.25) is 0 Å². The van der Waals surface area contributed by atoms with Crippen molar-refractivity contribution in [3.05, 3.63) is 35.9 Å². The molecule has 1 aromatic rings. The Hall–Kier alpha value is -1.06. The number of hydrogen-bond acceptors (Lipinski definition) is 2. The minimum absolute atomic E-state index is 0.1000. The number of amides is 1. The lowest BCUT2D eigenvalue weighted by atomic mass is 10.1. The van der Waals surface area contributed by atoms with Crippen LogP contribution in [0.4, 0.5) is 0 Å². The smallest absolute Gasteiger partial charge is 0.229 e. The van der Waals surface area contributed by atoms with E-state index in [4.69, 9.17) is 16.7 Å². The molecule has 1 fully saturated rings. The number of nitrogens with one attached hydrogen (secondary N) is 1. The van der Waals surface area contributed by atoms with Crippen LogP contribution < -0.4 is 5.32 Å². The van der Waals surface area contributed by atoms with Gasteiger partial charge in [-0.2, -0.15) is 0 Å². The molecule has 2 N–H and O–H groups in total. The molecule has 1 aliphatic carbocycles. The summed E-state index contributed by atoms with van der Waals surface area (Å²) in [6.07, 6.45) is 1.49. The van der Waals surface area contributed by atoms with Gasteiger partial charge in [0, 0.05) is 0 Å². The lowest BCUT2D eigenvalue weighted by Crippen LogP contribution is -2.35. The molecule has 0 spiro atoms. The van der Waals surface area contributed by atoms with Gasteiger partial charge in [-0.25, -0.2) is 0 Å². The third kappa shape index (κ3) is 2.20. The summed E-state index contributed by atoms with van der Waals surface area (Å²) in [4.78, 5) is 11.8. The Morgan fingerprint density at radius 1 is 1.44 bits per heavy atom. The highest BCUT2D eigenvalue weighted by Gasteiger charge is 2.49. The number of benzene rings is 1. The van der Waals surface area contributed by atoms with Crippen LogP contribution in [0.5, 0.6) is 0 Å². The molecule has 86 valence electrons. The van der Waals surface area contributed by atoms with Crippen LogP contribution >= 0.6 is 11.6 Å². The van der Waals surface area contributed by atoms with Gasteiger partial charge in [0.25, 0.3) is 0 Å². The molecule has 1 aromatic carbocycles. The van der Waals surface area contributed by atoms with Crippen molar-refractivity contribution < 1.29 is 9.90 Å². The highest BCUT2D eigenvalue weighted by Crippen LogP contribution is 2.45. The zero-order valence-electron chi connectivity index (χ0n) is 8.82. The van der Waals surface area contributed by atoms with Crippen LogP contribution in [0.3, 0.4) is 0 Å². The Labute approximate surface area is 99.4 Å². The zero-order chi connectivity index (χ0) is 11.6. The van der Waals surface area contributed by atoms with E-state index in [2.05, 4.69) is 5.32 Å². The van der Waals surface area contributed by atoms with Crippen molar-refractivity contribution in [3.8, 4) is 0 Å². The maximum atomic E-state index is 11.8. The van der Waals surface area contributed by atoms with Gasteiger partial charge >= 0.3 is 0 Å². The van der Waals surface area contributed by atoms with Crippen molar-refractivity contribution in [2.24, 2.45) is 5.41 Å². The van der Waals surface area contributed by atoms with Crippen molar-refractivity contribution >= 4 is 17.5 Å². The number of carbonyl (C=O) groups is 1. The summed E-state index contributed by atoms with van der Waals surface area (Å²) in [5.41, 5.74) is -0.244. The zero-order valence-corrected chi connectivity index (χ0v) is 9.57. The van der Waals surface area contributed by atoms with E-state index in [1.807, 2.05) is 30.3 Å². The molecule has 0 aromatic heterocycles. The van der Waals surface area contributed by atoms with Crippen molar-refractivity contribution in [2.45, 2.75) is 18.3 Å². The minimum atomic E-state index is -0.568. The molecule has 1 saturated carbocycles. The van der Waals surface area contributed by atoms with Gasteiger partial charge in [0.05, 0.1) is 12.0 Å². The van der Waals surface area contributed by atoms with Crippen LogP contribution in [-0.2, 0) is 4.79 Å². The molecular weight excluding hydrogens is 226 g/mol. The van der Waals surface area contributed by atoms with E-state index in [-0.39, 0.29) is 12.5 Å². The number of rotatable bonds is 4. The predicted molar refractivity (Wildman–Crippen MR) is 61.9 cm³/mol. The maximum Gasteiger partial charge on any atom is 0.229 e. The molecule has 4 heteroatoms. The first kappa shape index (κ1) is 11.4. The largest absolute Gasteiger partial charge is 0.395 e. The van der Waals surface area contributed by atoms with Gasteiger partial charge in [-0.1, -0.05) is 41.9 Å². The summed E-state index contributed by atoms with van der Waals surface area (Å²) in [5.74, 6) is -0.154. The average Bonchev–Trinajstić information content (AvgIpc) is 3.11. The molecule has 0 aliphatic heterocycles. The number of aliphatic hydroxyl groups is 1. The van der Waals surface area contributed by atoms with E-state index in [1.54, 1.807) is 0 Å². The third-order valence-electron chi connectivity index (χ3n) is 2.99. The topological polar surface area (TPSA) is 49.3 Å². The predicted octanol–water partition coefficient (Wildman–Crippen LogP) is 1.81. The summed E-state index contributed by atoms with van der Waals surface area (Å²) in [7, 11) is 0. The van der Waals surface area contributed by atoms with Gasteiger partial charge in [-0.15, -0.1) is 0 Å². The summed E-state index contributed by atoms with van der Waals surface area (Å²) in [6.45, 7) is -0.1000. The first-order chi connectivity index (χ1) is 7.68. The molecule has 1 aliphatic rings. The lowest BCUT2D eigenvalue weighted by molar-refractivity contribution is -0.128. The second kappa shape index (κ2) is 4.44. The molecule has 0 saturated heterocycles. The Kier molecular flexibility index (Phi) is 3.17. The molecule has 1 amide bonds. The van der Waals surface area contributed by atoms with Crippen molar-refractivity contribution in [3.63, 3.8) is 0 Å². The van der Waals surface area contributed by atoms with E-state index < -0.39 is 10.9 Å². The molecule has 0 heterocycles. The van der Waals surface area contributed by atoms with Crippen molar-refractivity contribution in [1.82, 2.24) is 5.32 Å². The Morgan fingerprint density at radius 3 is 2.56 bits per heavy atom. The van der Waals surface area contributed by atoms with E-state index in [0.29, 0.717) is 0 Å². The van der Waals surface area contributed by atoms with E-state index in [1.165, 1.54) is 0 Å². The van der Waals surface area contributed by atoms with Gasteiger partial charge in [0.2, 0.25) is 5.91 Å². The molecule has 16 heavy (non-hydrogen) atoms. The number of halogens is 1. The Balaban J connectivity index is 1.98. The van der Waals surface area contributed by atoms with E-state index in [0.717, 1.165) is 18.4 Å². The molecule has 0 bridgehead atoms. The number of hydrogen-bond donors (Lipinski definition) is 2. The highest BCUT2D eigenvalue weighted by molar-refractivity contribution is 6.21. The van der Waals surface area contributed by atoms with Crippen LogP contribution in [0, 0.1) is 5.41 Å². The third-order valence-corrected chi connectivity index (χ3v) is 3.35. The fourth-order valence-electron chi connectivity index (χ4n) is 1.58. The normalized spacial score (nSPS) is 18.9. The monoisotopic (exact) mass is 239 g/mol. The Morgan fingerprint density at radius 2 is 2.06 bits per heavy atom. The summed E-state index contributed by atoms with van der Waals surface area (Å²) >= 11 is 6.08. The lowest BCUT2D eigenvalue weighted by Gasteiger charge is -2.16. The number of aliphatic hydroxyl groups excluding tert-OH is 1. The van der Waals surface area contributed by atoms with Crippen LogP contribution in [-0.4, -0.2) is 17.6 Å². The quantitative estimate of drug-likeness (QED) is 0.622. The van der Waals surface area contributed by atoms with E-state index in [9.17, 15) is 4.79 Å². The summed E-state index contributed by atoms with van der Waals surface area (Å²) in [5, 5.41) is 11.8. The first-order valence-corrected chi connectivity index (χ1v) is 5.72. The van der Waals surface area contributed by atoms with Gasteiger partial charge in [0.15, 0.2) is 0 Å². The van der Waals surface area contributed by atoms with Gasteiger partial charge in [-0.05, 0) is 18.4 Å². The molecule has 1 unspecified atom stereocenters. The second-order valence-corrected chi connectivity index (χ2v) is 4.62. The van der Waals surface area contributed by atoms with Gasteiger partial charge in [-0.3, -0.25) is 4.79 Å². The van der Waals surface area contributed by atoms with Gasteiger partial charge < -0.3 is 10.4 Å². The minimum Gasteiger partial charge on any atom is -0.395 e. The average molecular weight is 240 g/mol. The molecule has 3 nitrogen and oxygen atoms in total. The van der Waals surface area contributed by atoms with Gasteiger partial charge in [0.1, 0.15) is 5.50 Å². The molecule has 1 atom stereocenters. The number of carbonyl (C=O) groups excluding carboxylic acids is 1. The first-order valence-electron chi connectivity index (χ1n) is 5.29. The molecule has 2 rings (SSSR count). The molecule has 0 radical (unpaired) electrons. The van der Waals surface area contributed by atoms with Crippen LogP contribution in [0.15, 0.2) is 30.3 Å². The summed E-state index contributed by atoms with van der Waals surface area (Å²) < 4.78 is 0. The number of alkyl halides is 1. The second-order valence-electron chi connectivity index (χ2n) is 4.19. The highest BCUT2D eigenvalue weighted by atomic mass is 35.5.